The van der Waals surface area contributed by atoms with Crippen LogP contribution in [0, 0.1) is 17.3 Å². The van der Waals surface area contributed by atoms with Gasteiger partial charge in [0.1, 0.15) is 6.10 Å². The molecule has 0 saturated heterocycles. The maximum absolute atomic E-state index is 12.5. The average Bonchev–Trinajstić information content (AvgIpc) is 2.41. The fourth-order valence-corrected chi connectivity index (χ4v) is 3.61. The first-order valence-electron chi connectivity index (χ1n) is 7.37. The molecule has 0 aromatic rings. The van der Waals surface area contributed by atoms with Gasteiger partial charge in [0.05, 0.1) is 0 Å². The smallest absolute Gasteiger partial charge is 0.303 e. The summed E-state index contributed by atoms with van der Waals surface area (Å²) in [5, 5.41) is 10.4. The van der Waals surface area contributed by atoms with Crippen molar-refractivity contribution in [3.8, 4) is 0 Å². The van der Waals surface area contributed by atoms with Crippen molar-refractivity contribution in [3.05, 3.63) is 23.8 Å². The largest absolute Gasteiger partial charge is 0.450 e. The molecule has 0 aliphatic heterocycles. The van der Waals surface area contributed by atoms with Gasteiger partial charge in [-0.25, -0.2) is 0 Å². The van der Waals surface area contributed by atoms with Crippen molar-refractivity contribution < 1.29 is 24.2 Å². The summed E-state index contributed by atoms with van der Waals surface area (Å²) in [5.41, 5.74) is 0.293. The molecule has 1 fully saturated rings. The molecule has 2 rings (SSSR count). The summed E-state index contributed by atoms with van der Waals surface area (Å²) in [6, 6.07) is 0. The molecule has 4 unspecified atom stereocenters. The number of carbonyl (C=O) groups excluding carboxylic acids is 3. The second kappa shape index (κ2) is 5.47. The van der Waals surface area contributed by atoms with Gasteiger partial charge in [0, 0.05) is 12.8 Å². The lowest BCUT2D eigenvalue weighted by molar-refractivity contribution is -0.150. The topological polar surface area (TPSA) is 80.7 Å². The Morgan fingerprint density at radius 3 is 2.45 bits per heavy atom. The number of ketones is 2. The number of ether oxygens (including phenoxy) is 1. The number of hydrogen-bond acceptors (Lipinski definition) is 5. The number of fused-ring (bicyclic) bond motifs is 1. The summed E-state index contributed by atoms with van der Waals surface area (Å²) in [4.78, 5) is 36.1. The molecular weight excluding hydrogens is 284 g/mol. The predicted molar refractivity (Wildman–Crippen MR) is 79.8 cm³/mol. The van der Waals surface area contributed by atoms with Gasteiger partial charge in [-0.1, -0.05) is 20.4 Å². The second-order valence-corrected chi connectivity index (χ2v) is 6.90. The fourth-order valence-electron chi connectivity index (χ4n) is 3.61. The molecule has 1 N–H and O–H groups in total. The minimum Gasteiger partial charge on any atom is -0.450 e. The Kier molecular flexibility index (Phi) is 4.13. The van der Waals surface area contributed by atoms with Crippen LogP contribution in [-0.4, -0.2) is 34.9 Å². The van der Waals surface area contributed by atoms with Crippen LogP contribution in [0.15, 0.2) is 23.8 Å². The number of carbonyl (C=O) groups is 3. The highest BCUT2D eigenvalue weighted by Crippen LogP contribution is 2.55. The van der Waals surface area contributed by atoms with E-state index in [1.165, 1.54) is 19.9 Å². The molecule has 2 aliphatic carbocycles. The van der Waals surface area contributed by atoms with E-state index < -0.39 is 29.7 Å². The molecular formula is C17H22O5. The van der Waals surface area contributed by atoms with Gasteiger partial charge in [0.15, 0.2) is 11.9 Å². The van der Waals surface area contributed by atoms with Gasteiger partial charge in [-0.05, 0) is 41.9 Å². The van der Waals surface area contributed by atoms with Gasteiger partial charge in [0.25, 0.3) is 0 Å². The van der Waals surface area contributed by atoms with Crippen LogP contribution in [0.3, 0.4) is 0 Å². The van der Waals surface area contributed by atoms with Crippen LogP contribution < -0.4 is 0 Å². The minimum atomic E-state index is -1.18. The lowest BCUT2D eigenvalue weighted by Crippen LogP contribution is -2.54. The lowest BCUT2D eigenvalue weighted by Gasteiger charge is -2.53. The van der Waals surface area contributed by atoms with Crippen LogP contribution in [0.2, 0.25) is 0 Å². The summed E-state index contributed by atoms with van der Waals surface area (Å²) >= 11 is 0. The Morgan fingerprint density at radius 1 is 1.36 bits per heavy atom. The SMILES string of the molecule is C=C1C(=O)C(OC(C)=O)/C=C(/C)C(=O)C(O)C2C1CC2(C)C. The Morgan fingerprint density at radius 2 is 1.95 bits per heavy atom. The average molecular weight is 306 g/mol. The molecule has 0 aromatic heterocycles. The lowest BCUT2D eigenvalue weighted by atomic mass is 9.51. The highest BCUT2D eigenvalue weighted by Gasteiger charge is 2.55. The van der Waals surface area contributed by atoms with Crippen molar-refractivity contribution >= 4 is 17.5 Å². The van der Waals surface area contributed by atoms with Gasteiger partial charge >= 0.3 is 5.97 Å². The normalized spacial score (nSPS) is 37.0. The first-order valence-corrected chi connectivity index (χ1v) is 7.37. The minimum absolute atomic E-state index is 0.225. The highest BCUT2D eigenvalue weighted by atomic mass is 16.5. The van der Waals surface area contributed by atoms with E-state index >= 15 is 0 Å². The summed E-state index contributed by atoms with van der Waals surface area (Å²) in [5.74, 6) is -2.05. The monoisotopic (exact) mass is 306 g/mol. The van der Waals surface area contributed by atoms with Crippen molar-refractivity contribution in [1.82, 2.24) is 0 Å². The Bertz CT molecular complexity index is 584. The highest BCUT2D eigenvalue weighted by molar-refractivity contribution is 6.05. The van der Waals surface area contributed by atoms with E-state index in [9.17, 15) is 19.5 Å². The van der Waals surface area contributed by atoms with E-state index in [1.807, 2.05) is 13.8 Å². The predicted octanol–water partition coefficient (Wildman–Crippen LogP) is 1.60. The van der Waals surface area contributed by atoms with Crippen LogP contribution in [0.4, 0.5) is 0 Å². The summed E-state index contributed by atoms with van der Waals surface area (Å²) in [6.07, 6.45) is -0.356. The van der Waals surface area contributed by atoms with Gasteiger partial charge in [-0.3, -0.25) is 14.4 Å². The summed E-state index contributed by atoms with van der Waals surface area (Å²) in [7, 11) is 0. The molecule has 0 spiro atoms. The molecule has 0 amide bonds. The number of hydrogen-bond donors (Lipinski definition) is 1. The number of Topliss-reactive ketones (excluding diaryl/α,β-unsaturated/α-hetero) is 2. The standard InChI is InChI=1S/C17H22O5/c1-8-6-12(22-10(3)18)15(20)9(2)11-7-17(4,5)13(11)16(21)14(8)19/h6,11-13,16,21H,2,7H2,1,3-5H3/b8-6-. The van der Waals surface area contributed by atoms with Crippen molar-refractivity contribution in [1.29, 1.82) is 0 Å². The van der Waals surface area contributed by atoms with Crippen LogP contribution in [-0.2, 0) is 19.1 Å². The maximum Gasteiger partial charge on any atom is 0.303 e. The van der Waals surface area contributed by atoms with Gasteiger partial charge < -0.3 is 9.84 Å². The van der Waals surface area contributed by atoms with Gasteiger partial charge in [-0.2, -0.15) is 0 Å². The maximum atomic E-state index is 12.5. The third-order valence-electron chi connectivity index (χ3n) is 4.80. The number of esters is 1. The molecule has 0 radical (unpaired) electrons. The van der Waals surface area contributed by atoms with E-state index in [1.54, 1.807) is 0 Å². The fraction of sp³-hybridized carbons (Fsp3) is 0.588. The molecule has 0 bridgehead atoms. The Labute approximate surface area is 130 Å². The zero-order valence-corrected chi connectivity index (χ0v) is 13.4. The molecule has 0 heterocycles. The third kappa shape index (κ3) is 2.65. The molecule has 2 aliphatic rings. The van der Waals surface area contributed by atoms with Crippen LogP contribution in [0.25, 0.3) is 0 Å². The summed E-state index contributed by atoms with van der Waals surface area (Å²) in [6.45, 7) is 10.5. The zero-order chi connectivity index (χ0) is 16.8. The van der Waals surface area contributed by atoms with Crippen LogP contribution in [0.1, 0.15) is 34.1 Å². The molecule has 0 aromatic carbocycles. The van der Waals surface area contributed by atoms with Crippen molar-refractivity contribution in [2.24, 2.45) is 17.3 Å². The number of rotatable bonds is 1. The van der Waals surface area contributed by atoms with E-state index in [2.05, 4.69) is 6.58 Å². The molecule has 5 nitrogen and oxygen atoms in total. The third-order valence-corrected chi connectivity index (χ3v) is 4.80. The number of aliphatic hydroxyl groups excluding tert-OH is 1. The quantitative estimate of drug-likeness (QED) is 0.588. The van der Waals surface area contributed by atoms with Gasteiger partial charge in [-0.15, -0.1) is 0 Å². The second-order valence-electron chi connectivity index (χ2n) is 6.90. The van der Waals surface area contributed by atoms with Crippen LogP contribution >= 0.6 is 0 Å². The Balaban J connectivity index is 2.45. The van der Waals surface area contributed by atoms with Crippen molar-refractivity contribution in [2.75, 3.05) is 0 Å². The van der Waals surface area contributed by atoms with E-state index in [4.69, 9.17) is 4.74 Å². The van der Waals surface area contributed by atoms with E-state index in [0.717, 1.165) is 0 Å². The molecule has 1 saturated carbocycles. The van der Waals surface area contributed by atoms with Crippen molar-refractivity contribution in [2.45, 2.75) is 46.3 Å². The molecule has 4 atom stereocenters. The molecule has 22 heavy (non-hydrogen) atoms. The number of aliphatic hydroxyl groups is 1. The first-order chi connectivity index (χ1) is 10.1. The first kappa shape index (κ1) is 16.6. The van der Waals surface area contributed by atoms with Gasteiger partial charge in [0.2, 0.25) is 5.78 Å². The van der Waals surface area contributed by atoms with Crippen LogP contribution in [0.5, 0.6) is 0 Å². The molecule has 120 valence electrons. The van der Waals surface area contributed by atoms with E-state index in [-0.39, 0.29) is 22.8 Å². The molecule has 5 heteroatoms. The van der Waals surface area contributed by atoms with E-state index in [0.29, 0.717) is 12.0 Å². The Hall–Kier alpha value is -1.75. The van der Waals surface area contributed by atoms with Crippen molar-refractivity contribution in [3.63, 3.8) is 0 Å². The summed E-state index contributed by atoms with van der Waals surface area (Å²) < 4.78 is 5.02. The zero-order valence-electron chi connectivity index (χ0n) is 13.4.